The number of azide groups is 1. The van der Waals surface area contributed by atoms with Gasteiger partial charge in [0, 0.05) is 15.0 Å². The lowest BCUT2D eigenvalue weighted by Gasteiger charge is -2.06. The van der Waals surface area contributed by atoms with Gasteiger partial charge in [0.2, 0.25) is 0 Å². The van der Waals surface area contributed by atoms with Crippen molar-refractivity contribution in [3.8, 4) is 0 Å². The molecular weight excluding hydrogens is 222 g/mol. The summed E-state index contributed by atoms with van der Waals surface area (Å²) in [6.45, 7) is 0. The van der Waals surface area contributed by atoms with E-state index in [1.54, 1.807) is 0 Å². The molecule has 0 aliphatic carbocycles. The van der Waals surface area contributed by atoms with E-state index in [-0.39, 0.29) is 0 Å². The smallest absolute Gasteiger partial charge is 0.264 e. The fraction of sp³-hybridized carbons (Fsp3) is 0. The Morgan fingerprint density at radius 1 is 1.40 bits per heavy atom. The van der Waals surface area contributed by atoms with E-state index in [0.717, 1.165) is 12.1 Å². The minimum Gasteiger partial charge on any atom is -0.545 e. The Hall–Kier alpha value is -2.05. The molecule has 0 fully saturated rings. The molecule has 0 saturated heterocycles. The molecule has 0 atom stereocenters. The number of carbonyl (C=O) groups excluding carboxylic acids is 1. The maximum absolute atomic E-state index is 11.2. The molecule has 0 heterocycles. The molecule has 0 spiro atoms. The van der Waals surface area contributed by atoms with Crippen molar-refractivity contribution >= 4 is 16.0 Å². The predicted molar refractivity (Wildman–Crippen MR) is 47.1 cm³/mol. The number of rotatable bonds is 3. The van der Waals surface area contributed by atoms with E-state index in [9.17, 15) is 18.3 Å². The summed E-state index contributed by atoms with van der Waals surface area (Å²) in [5, 5.41) is 10.6. The van der Waals surface area contributed by atoms with Gasteiger partial charge >= 0.3 is 0 Å². The number of sulfonamides is 1. The zero-order valence-corrected chi connectivity index (χ0v) is 8.01. The van der Waals surface area contributed by atoms with Crippen LogP contribution >= 0.6 is 0 Å². The fourth-order valence-electron chi connectivity index (χ4n) is 0.952. The Balaban J connectivity index is 3.51. The van der Waals surface area contributed by atoms with Crippen LogP contribution in [0, 0.1) is 0 Å². The van der Waals surface area contributed by atoms with Crippen LogP contribution in [0.1, 0.15) is 10.4 Å². The summed E-state index contributed by atoms with van der Waals surface area (Å²) in [6.07, 6.45) is 0. The molecule has 78 valence electrons. The summed E-state index contributed by atoms with van der Waals surface area (Å²) in [5.41, 5.74) is 7.47. The fourth-order valence-corrected chi connectivity index (χ4v) is 1.82. The van der Waals surface area contributed by atoms with Crippen molar-refractivity contribution in [1.82, 2.24) is 0 Å². The molecule has 0 amide bonds. The van der Waals surface area contributed by atoms with Crippen LogP contribution in [-0.4, -0.2) is 14.4 Å². The van der Waals surface area contributed by atoms with Crippen molar-refractivity contribution in [3.63, 3.8) is 0 Å². The number of hydrogen-bond donors (Lipinski definition) is 0. The molecule has 0 N–H and O–H groups in total. The van der Waals surface area contributed by atoms with E-state index >= 15 is 0 Å². The SMILES string of the molecule is [N-]=[N+]=NS(=O)(=O)c1ccccc1C(=O)[O-]. The van der Waals surface area contributed by atoms with Crippen LogP contribution in [0.25, 0.3) is 10.4 Å². The third-order valence-corrected chi connectivity index (χ3v) is 2.73. The summed E-state index contributed by atoms with van der Waals surface area (Å²) in [5.74, 6) is -1.65. The Kier molecular flexibility index (Phi) is 2.93. The summed E-state index contributed by atoms with van der Waals surface area (Å²) >= 11 is 0. The average molecular weight is 226 g/mol. The van der Waals surface area contributed by atoms with Crippen LogP contribution in [0.2, 0.25) is 0 Å². The largest absolute Gasteiger partial charge is 0.545 e. The highest BCUT2D eigenvalue weighted by molar-refractivity contribution is 7.90. The summed E-state index contributed by atoms with van der Waals surface area (Å²) in [4.78, 5) is 12.1. The standard InChI is InChI=1S/C7H5N3O4S/c8-9-10-15(13,14)6-4-2-1-3-5(6)7(11)12/h1-4H,(H,11,12)/p-1. The van der Waals surface area contributed by atoms with Gasteiger partial charge < -0.3 is 9.90 Å². The Labute approximate surface area is 84.6 Å². The molecule has 7 nitrogen and oxygen atoms in total. The van der Waals surface area contributed by atoms with Gasteiger partial charge in [-0.05, 0) is 11.6 Å². The minimum atomic E-state index is -4.30. The lowest BCUT2D eigenvalue weighted by atomic mass is 10.2. The molecule has 15 heavy (non-hydrogen) atoms. The van der Waals surface area contributed by atoms with Gasteiger partial charge in [0.25, 0.3) is 10.0 Å². The normalized spacial score (nSPS) is 10.4. The van der Waals surface area contributed by atoms with Gasteiger partial charge in [0.15, 0.2) is 0 Å². The monoisotopic (exact) mass is 226 g/mol. The number of carboxylic acids is 1. The zero-order chi connectivity index (χ0) is 11.5. The number of benzene rings is 1. The molecule has 0 radical (unpaired) electrons. The number of nitrogens with zero attached hydrogens (tertiary/aromatic N) is 3. The molecule has 1 rings (SSSR count). The average Bonchev–Trinajstić information content (AvgIpc) is 2.17. The van der Waals surface area contributed by atoms with Gasteiger partial charge in [0.1, 0.15) is 0 Å². The lowest BCUT2D eigenvalue weighted by molar-refractivity contribution is -0.255. The molecule has 0 unspecified atom stereocenters. The van der Waals surface area contributed by atoms with Gasteiger partial charge in [-0.3, -0.25) is 0 Å². The van der Waals surface area contributed by atoms with Crippen molar-refractivity contribution in [2.45, 2.75) is 4.90 Å². The first-order valence-corrected chi connectivity index (χ1v) is 5.05. The number of aromatic carboxylic acids is 1. The van der Waals surface area contributed by atoms with Gasteiger partial charge in [-0.25, -0.2) is 8.42 Å². The third kappa shape index (κ3) is 2.25. The van der Waals surface area contributed by atoms with Crippen LogP contribution in [0.5, 0.6) is 0 Å². The van der Waals surface area contributed by atoms with E-state index in [2.05, 4.69) is 9.43 Å². The number of carbonyl (C=O) groups is 1. The molecule has 0 aromatic heterocycles. The van der Waals surface area contributed by atoms with E-state index in [4.69, 9.17) is 5.53 Å². The summed E-state index contributed by atoms with van der Waals surface area (Å²) in [6, 6.07) is 4.72. The molecule has 8 heteroatoms. The molecule has 0 aliphatic heterocycles. The number of carboxylic acid groups (broad SMARTS) is 1. The van der Waals surface area contributed by atoms with Crippen molar-refractivity contribution in [2.75, 3.05) is 0 Å². The zero-order valence-electron chi connectivity index (χ0n) is 7.19. The molecule has 0 aliphatic rings. The van der Waals surface area contributed by atoms with Gasteiger partial charge in [0.05, 0.1) is 10.9 Å². The van der Waals surface area contributed by atoms with Crippen molar-refractivity contribution in [1.29, 1.82) is 0 Å². The van der Waals surface area contributed by atoms with Gasteiger partial charge in [-0.1, -0.05) is 18.2 Å². The topological polar surface area (TPSA) is 123 Å². The lowest BCUT2D eigenvalue weighted by Crippen LogP contribution is -2.24. The highest BCUT2D eigenvalue weighted by Gasteiger charge is 2.16. The van der Waals surface area contributed by atoms with E-state index in [1.165, 1.54) is 12.1 Å². The second-order valence-corrected chi connectivity index (χ2v) is 3.98. The van der Waals surface area contributed by atoms with Crippen LogP contribution in [0.4, 0.5) is 0 Å². The maximum atomic E-state index is 11.2. The highest BCUT2D eigenvalue weighted by Crippen LogP contribution is 2.17. The summed E-state index contributed by atoms with van der Waals surface area (Å²) in [7, 11) is -4.30. The Morgan fingerprint density at radius 2 is 2.00 bits per heavy atom. The second kappa shape index (κ2) is 3.99. The molecule has 0 bridgehead atoms. The first-order valence-electron chi connectivity index (χ1n) is 3.61. The van der Waals surface area contributed by atoms with Crippen LogP contribution in [0.15, 0.2) is 33.7 Å². The van der Waals surface area contributed by atoms with Gasteiger partial charge in [-0.2, -0.15) is 0 Å². The second-order valence-electron chi connectivity index (χ2n) is 2.43. The van der Waals surface area contributed by atoms with Crippen molar-refractivity contribution in [3.05, 3.63) is 40.3 Å². The van der Waals surface area contributed by atoms with Gasteiger partial charge in [-0.15, -0.1) is 0 Å². The van der Waals surface area contributed by atoms with E-state index in [1.807, 2.05) is 0 Å². The van der Waals surface area contributed by atoms with E-state index < -0.39 is 26.5 Å². The Bertz CT molecular complexity index is 545. The first kappa shape index (κ1) is 11.0. The number of hydrogen-bond acceptors (Lipinski definition) is 4. The van der Waals surface area contributed by atoms with Crippen LogP contribution < -0.4 is 5.11 Å². The van der Waals surface area contributed by atoms with Crippen molar-refractivity contribution < 1.29 is 18.3 Å². The molecule has 0 saturated carbocycles. The van der Waals surface area contributed by atoms with Crippen molar-refractivity contribution in [2.24, 2.45) is 4.52 Å². The first-order chi connectivity index (χ1) is 6.99. The molecular formula is C7H4N3O4S-. The quantitative estimate of drug-likeness (QED) is 0.410. The van der Waals surface area contributed by atoms with Crippen LogP contribution in [-0.2, 0) is 10.0 Å². The highest BCUT2D eigenvalue weighted by atomic mass is 32.2. The minimum absolute atomic E-state index is 0.537. The third-order valence-electron chi connectivity index (χ3n) is 1.53. The van der Waals surface area contributed by atoms with E-state index in [0.29, 0.717) is 0 Å². The predicted octanol–water partition coefficient (Wildman–Crippen LogP) is 0.0491. The van der Waals surface area contributed by atoms with Crippen LogP contribution in [0.3, 0.4) is 0 Å². The maximum Gasteiger partial charge on any atom is 0.264 e. The molecule has 1 aromatic carbocycles. The summed E-state index contributed by atoms with van der Waals surface area (Å²) < 4.78 is 25.0. The Morgan fingerprint density at radius 3 is 2.53 bits per heavy atom. The molecule has 1 aromatic rings.